The molecule has 4 aromatic rings. The summed E-state index contributed by atoms with van der Waals surface area (Å²) in [7, 11) is 0. The van der Waals surface area contributed by atoms with E-state index in [1.807, 2.05) is 0 Å². The van der Waals surface area contributed by atoms with Gasteiger partial charge in [0.15, 0.2) is 0 Å². The van der Waals surface area contributed by atoms with E-state index in [2.05, 4.69) is 15.5 Å². The van der Waals surface area contributed by atoms with E-state index in [1.165, 1.54) is 47.7 Å². The monoisotopic (exact) mass is 435 g/mol. The molecule has 1 N–H and O–H groups in total. The zero-order valence-corrected chi connectivity index (χ0v) is 16.5. The lowest BCUT2D eigenvalue weighted by molar-refractivity contribution is -0.385. The van der Waals surface area contributed by atoms with Crippen LogP contribution in [-0.2, 0) is 0 Å². The van der Waals surface area contributed by atoms with Crippen LogP contribution in [0.25, 0.3) is 11.1 Å². The molecule has 11 heteroatoms. The van der Waals surface area contributed by atoms with Gasteiger partial charge in [0.25, 0.3) is 11.4 Å². The third-order valence-corrected chi connectivity index (χ3v) is 4.84. The lowest BCUT2D eigenvalue weighted by Crippen LogP contribution is -1.95. The van der Waals surface area contributed by atoms with Crippen LogP contribution in [0, 0.1) is 20.2 Å². The first-order chi connectivity index (χ1) is 15.0. The van der Waals surface area contributed by atoms with E-state index in [1.54, 1.807) is 35.8 Å². The van der Waals surface area contributed by atoms with Crippen LogP contribution in [0.5, 0.6) is 11.5 Å². The summed E-state index contributed by atoms with van der Waals surface area (Å²) in [5.74, 6) is 0.819. The quantitative estimate of drug-likeness (QED) is 0.295. The van der Waals surface area contributed by atoms with Gasteiger partial charge in [-0.25, -0.2) is 0 Å². The third-order valence-electron chi connectivity index (χ3n) is 4.23. The van der Waals surface area contributed by atoms with Crippen molar-refractivity contribution in [3.05, 3.63) is 92.5 Å². The largest absolute Gasteiger partial charge is 0.457 e. The summed E-state index contributed by atoms with van der Waals surface area (Å²) >= 11 is 1.33. The molecule has 0 radical (unpaired) electrons. The summed E-state index contributed by atoms with van der Waals surface area (Å²) in [6.45, 7) is 0. The molecule has 154 valence electrons. The van der Waals surface area contributed by atoms with E-state index in [9.17, 15) is 20.2 Å². The Morgan fingerprint density at radius 1 is 0.903 bits per heavy atom. The summed E-state index contributed by atoms with van der Waals surface area (Å²) < 4.78 is 5.94. The van der Waals surface area contributed by atoms with Gasteiger partial charge in [-0.05, 0) is 35.9 Å². The van der Waals surface area contributed by atoms with Gasteiger partial charge in [0.2, 0.25) is 5.13 Å². The Balaban J connectivity index is 1.73. The number of nitrogens with zero attached hydrogens (tertiary/aromatic N) is 4. The van der Waals surface area contributed by atoms with Crippen molar-refractivity contribution in [3.8, 4) is 22.6 Å². The molecule has 4 rings (SSSR count). The van der Waals surface area contributed by atoms with E-state index in [4.69, 9.17) is 4.74 Å². The number of hydrogen-bond donors (Lipinski definition) is 1. The fraction of sp³-hybridized carbons (Fsp3) is 0. The topological polar surface area (TPSA) is 133 Å². The normalized spacial score (nSPS) is 10.5. The number of benzene rings is 3. The third kappa shape index (κ3) is 4.62. The maximum Gasteiger partial charge on any atom is 0.270 e. The minimum atomic E-state index is -0.494. The fourth-order valence-electron chi connectivity index (χ4n) is 2.82. The molecule has 31 heavy (non-hydrogen) atoms. The van der Waals surface area contributed by atoms with Crippen LogP contribution in [0.3, 0.4) is 0 Å². The molecule has 0 aliphatic rings. The Bertz CT molecular complexity index is 1250. The van der Waals surface area contributed by atoms with Crippen molar-refractivity contribution in [1.29, 1.82) is 0 Å². The van der Waals surface area contributed by atoms with Crippen molar-refractivity contribution >= 4 is 33.5 Å². The SMILES string of the molecule is O=[N+]([O-])c1ccc(Oc2ccc(Nc3nncs3)cc2-c2cccc([N+](=O)[O-])c2)cc1. The van der Waals surface area contributed by atoms with Crippen molar-refractivity contribution in [2.24, 2.45) is 0 Å². The van der Waals surface area contributed by atoms with Gasteiger partial charge in [-0.3, -0.25) is 20.2 Å². The number of nitrogens with one attached hydrogen (secondary N) is 1. The smallest absolute Gasteiger partial charge is 0.270 e. The molecular formula is C20H13N5O5S. The van der Waals surface area contributed by atoms with Crippen molar-refractivity contribution in [3.63, 3.8) is 0 Å². The molecule has 0 spiro atoms. The molecule has 3 aromatic carbocycles. The molecular weight excluding hydrogens is 422 g/mol. The molecule has 10 nitrogen and oxygen atoms in total. The predicted molar refractivity (Wildman–Crippen MR) is 115 cm³/mol. The van der Waals surface area contributed by atoms with E-state index in [0.29, 0.717) is 33.4 Å². The summed E-state index contributed by atoms with van der Waals surface area (Å²) in [5, 5.41) is 33.5. The Morgan fingerprint density at radius 2 is 1.68 bits per heavy atom. The molecule has 0 atom stereocenters. The number of nitro groups is 2. The summed E-state index contributed by atoms with van der Waals surface area (Å²) in [5.41, 5.74) is 3.35. The van der Waals surface area contributed by atoms with Crippen LogP contribution in [-0.4, -0.2) is 20.0 Å². The molecule has 0 saturated heterocycles. The highest BCUT2D eigenvalue weighted by molar-refractivity contribution is 7.13. The Kier molecular flexibility index (Phi) is 5.49. The highest BCUT2D eigenvalue weighted by Crippen LogP contribution is 2.37. The van der Waals surface area contributed by atoms with Crippen LogP contribution < -0.4 is 10.1 Å². The first-order valence-electron chi connectivity index (χ1n) is 8.84. The molecule has 0 fully saturated rings. The van der Waals surface area contributed by atoms with Crippen molar-refractivity contribution in [2.45, 2.75) is 0 Å². The highest BCUT2D eigenvalue weighted by atomic mass is 32.1. The van der Waals surface area contributed by atoms with E-state index in [-0.39, 0.29) is 11.4 Å². The van der Waals surface area contributed by atoms with Gasteiger partial charge >= 0.3 is 0 Å². The maximum atomic E-state index is 11.2. The average molecular weight is 435 g/mol. The number of nitro benzene ring substituents is 2. The number of hydrogen-bond acceptors (Lipinski definition) is 9. The average Bonchev–Trinajstić information content (AvgIpc) is 3.28. The van der Waals surface area contributed by atoms with Gasteiger partial charge in [-0.15, -0.1) is 10.2 Å². The van der Waals surface area contributed by atoms with E-state index >= 15 is 0 Å². The number of aromatic nitrogens is 2. The first-order valence-corrected chi connectivity index (χ1v) is 9.72. The van der Waals surface area contributed by atoms with E-state index < -0.39 is 9.85 Å². The Hall–Kier alpha value is -4.38. The van der Waals surface area contributed by atoms with Crippen LogP contribution in [0.2, 0.25) is 0 Å². The molecule has 0 unspecified atom stereocenters. The second kappa shape index (κ2) is 8.55. The minimum Gasteiger partial charge on any atom is -0.457 e. The molecule has 1 aromatic heterocycles. The predicted octanol–water partition coefficient (Wildman–Crippen LogP) is 5.56. The molecule has 0 bridgehead atoms. The van der Waals surface area contributed by atoms with Gasteiger partial charge in [0.05, 0.1) is 9.85 Å². The Morgan fingerprint density at radius 3 is 2.35 bits per heavy atom. The van der Waals surface area contributed by atoms with Crippen LogP contribution in [0.4, 0.5) is 22.2 Å². The fourth-order valence-corrected chi connectivity index (χ4v) is 3.29. The number of anilines is 2. The number of rotatable bonds is 7. The summed E-state index contributed by atoms with van der Waals surface area (Å²) in [6, 6.07) is 17.1. The minimum absolute atomic E-state index is 0.0529. The lowest BCUT2D eigenvalue weighted by Gasteiger charge is -2.14. The van der Waals surface area contributed by atoms with Gasteiger partial charge in [0.1, 0.15) is 17.0 Å². The maximum absolute atomic E-state index is 11.2. The van der Waals surface area contributed by atoms with Crippen molar-refractivity contribution in [1.82, 2.24) is 10.2 Å². The lowest BCUT2D eigenvalue weighted by atomic mass is 10.0. The number of non-ortho nitro benzene ring substituents is 2. The van der Waals surface area contributed by atoms with Gasteiger partial charge < -0.3 is 10.1 Å². The Labute approximate surface area is 179 Å². The van der Waals surface area contributed by atoms with Crippen LogP contribution >= 0.6 is 11.3 Å². The zero-order valence-electron chi connectivity index (χ0n) is 15.7. The standard InChI is InChI=1S/C20H13N5O5S/c26-24(27)15-5-7-17(8-6-15)30-19-9-4-14(22-20-23-21-12-31-20)11-18(19)13-2-1-3-16(10-13)25(28)29/h1-12H,(H,22,23). The van der Waals surface area contributed by atoms with Gasteiger partial charge in [0, 0.05) is 35.5 Å². The molecule has 0 aliphatic carbocycles. The summed E-state index contributed by atoms with van der Waals surface area (Å²) in [6.07, 6.45) is 0. The highest BCUT2D eigenvalue weighted by Gasteiger charge is 2.14. The second-order valence-electron chi connectivity index (χ2n) is 6.24. The molecule has 0 aliphatic heterocycles. The number of ether oxygens (including phenoxy) is 1. The van der Waals surface area contributed by atoms with E-state index in [0.717, 1.165) is 0 Å². The summed E-state index contributed by atoms with van der Waals surface area (Å²) in [4.78, 5) is 21.1. The molecule has 0 amide bonds. The van der Waals surface area contributed by atoms with Crippen molar-refractivity contribution < 1.29 is 14.6 Å². The zero-order chi connectivity index (χ0) is 21.8. The van der Waals surface area contributed by atoms with Gasteiger partial charge in [-0.1, -0.05) is 23.5 Å². The van der Waals surface area contributed by atoms with Crippen LogP contribution in [0.1, 0.15) is 0 Å². The molecule has 0 saturated carbocycles. The first kappa shape index (κ1) is 19.9. The molecule has 1 heterocycles. The van der Waals surface area contributed by atoms with Crippen molar-refractivity contribution in [2.75, 3.05) is 5.32 Å². The second-order valence-corrected chi connectivity index (χ2v) is 7.07. The van der Waals surface area contributed by atoms with Crippen LogP contribution in [0.15, 0.2) is 72.2 Å². The van der Waals surface area contributed by atoms with Gasteiger partial charge in [-0.2, -0.15) is 0 Å².